The summed E-state index contributed by atoms with van der Waals surface area (Å²) in [7, 11) is 1.69. The third-order valence-corrected chi connectivity index (χ3v) is 6.23. The average Bonchev–Trinajstić information content (AvgIpc) is 3.36. The van der Waals surface area contributed by atoms with Gasteiger partial charge in [-0.2, -0.15) is 0 Å². The van der Waals surface area contributed by atoms with Crippen LogP contribution in [0.15, 0.2) is 40.8 Å². The second kappa shape index (κ2) is 10.3. The lowest BCUT2D eigenvalue weighted by Gasteiger charge is -2.27. The van der Waals surface area contributed by atoms with Crippen LogP contribution in [0, 0.1) is 5.82 Å². The molecule has 0 aliphatic carbocycles. The number of carbonyl (C=O) groups excluding carboxylic acids is 1. The number of thiophene rings is 1. The zero-order valence-electron chi connectivity index (χ0n) is 16.7. The highest BCUT2D eigenvalue weighted by atomic mass is 127. The predicted octanol–water partition coefficient (Wildman–Crippen LogP) is 3.28. The molecule has 0 spiro atoms. The molecule has 3 N–H and O–H groups in total. The molecule has 0 saturated carbocycles. The normalized spacial score (nSPS) is 13.7. The molecule has 1 aliphatic heterocycles. The lowest BCUT2D eigenvalue weighted by molar-refractivity contribution is -0.130. The van der Waals surface area contributed by atoms with E-state index in [1.54, 1.807) is 24.5 Å². The summed E-state index contributed by atoms with van der Waals surface area (Å²) in [5.74, 6) is 0.420. The van der Waals surface area contributed by atoms with Gasteiger partial charge in [0.25, 0.3) is 0 Å². The Bertz CT molecular complexity index is 1050. The Morgan fingerprint density at radius 2 is 2.20 bits per heavy atom. The van der Waals surface area contributed by atoms with Crippen LogP contribution in [-0.4, -0.2) is 48.4 Å². The highest BCUT2D eigenvalue weighted by molar-refractivity contribution is 14.0. The van der Waals surface area contributed by atoms with Crippen molar-refractivity contribution >= 4 is 58.1 Å². The number of aromatic amines is 1. The van der Waals surface area contributed by atoms with Gasteiger partial charge in [-0.25, -0.2) is 4.39 Å². The van der Waals surface area contributed by atoms with E-state index < -0.39 is 0 Å². The number of aromatic nitrogens is 1. The van der Waals surface area contributed by atoms with Gasteiger partial charge in [-0.1, -0.05) is 0 Å². The van der Waals surface area contributed by atoms with Crippen molar-refractivity contribution in [2.75, 3.05) is 26.7 Å². The number of amides is 1. The number of H-pyrrole nitrogens is 1. The van der Waals surface area contributed by atoms with E-state index in [0.29, 0.717) is 19.0 Å². The number of hydrogen-bond donors (Lipinski definition) is 3. The van der Waals surface area contributed by atoms with Gasteiger partial charge >= 0.3 is 0 Å². The number of nitrogens with one attached hydrogen (secondary N) is 3. The smallest absolute Gasteiger partial charge is 0.242 e. The van der Waals surface area contributed by atoms with Crippen molar-refractivity contribution in [2.24, 2.45) is 4.99 Å². The molecule has 2 aromatic heterocycles. The molecule has 0 radical (unpaired) electrons. The van der Waals surface area contributed by atoms with E-state index in [-0.39, 0.29) is 42.2 Å². The molecule has 1 aliphatic rings. The highest BCUT2D eigenvalue weighted by Gasteiger charge is 2.21. The summed E-state index contributed by atoms with van der Waals surface area (Å²) in [5.41, 5.74) is 3.16. The highest BCUT2D eigenvalue weighted by Crippen LogP contribution is 2.24. The van der Waals surface area contributed by atoms with Crippen LogP contribution in [0.2, 0.25) is 0 Å². The van der Waals surface area contributed by atoms with Gasteiger partial charge in [0, 0.05) is 48.7 Å². The number of benzene rings is 1. The second-order valence-corrected chi connectivity index (χ2v) is 8.04. The van der Waals surface area contributed by atoms with Gasteiger partial charge in [0.15, 0.2) is 5.96 Å². The fourth-order valence-electron chi connectivity index (χ4n) is 3.63. The van der Waals surface area contributed by atoms with Crippen LogP contribution in [0.5, 0.6) is 0 Å². The van der Waals surface area contributed by atoms with Crippen molar-refractivity contribution in [1.82, 2.24) is 20.5 Å². The number of guanidine groups is 1. The molecular formula is C21H25FIN5OS. The van der Waals surface area contributed by atoms with E-state index in [1.165, 1.54) is 22.6 Å². The molecule has 3 heterocycles. The molecule has 0 atom stereocenters. The third-order valence-electron chi connectivity index (χ3n) is 5.21. The maximum absolute atomic E-state index is 13.3. The first-order chi connectivity index (χ1) is 14.1. The molecule has 9 heteroatoms. The summed E-state index contributed by atoms with van der Waals surface area (Å²) in [6.45, 7) is 2.32. The molecule has 6 nitrogen and oxygen atoms in total. The molecule has 160 valence electrons. The minimum absolute atomic E-state index is 0. The van der Waals surface area contributed by atoms with Crippen LogP contribution in [-0.2, 0) is 24.2 Å². The third kappa shape index (κ3) is 5.12. The minimum Gasteiger partial charge on any atom is -0.361 e. The van der Waals surface area contributed by atoms with Crippen LogP contribution in [0.25, 0.3) is 10.9 Å². The first-order valence-corrected chi connectivity index (χ1v) is 10.5. The van der Waals surface area contributed by atoms with Gasteiger partial charge in [0.1, 0.15) is 5.82 Å². The van der Waals surface area contributed by atoms with Crippen LogP contribution in [0.1, 0.15) is 16.0 Å². The van der Waals surface area contributed by atoms with E-state index in [4.69, 9.17) is 0 Å². The quantitative estimate of drug-likeness (QED) is 0.264. The van der Waals surface area contributed by atoms with Crippen molar-refractivity contribution < 1.29 is 9.18 Å². The monoisotopic (exact) mass is 541 g/mol. The lowest BCUT2D eigenvalue weighted by Crippen LogP contribution is -2.46. The lowest BCUT2D eigenvalue weighted by atomic mass is 10.1. The number of fused-ring (bicyclic) bond motifs is 2. The van der Waals surface area contributed by atoms with Crippen molar-refractivity contribution in [2.45, 2.75) is 19.4 Å². The molecule has 30 heavy (non-hydrogen) atoms. The van der Waals surface area contributed by atoms with Crippen LogP contribution >= 0.6 is 35.3 Å². The first kappa shape index (κ1) is 22.5. The van der Waals surface area contributed by atoms with Gasteiger partial charge < -0.3 is 20.5 Å². The maximum atomic E-state index is 13.3. The molecule has 0 saturated heterocycles. The number of rotatable bonds is 5. The van der Waals surface area contributed by atoms with E-state index >= 15 is 0 Å². The second-order valence-electron chi connectivity index (χ2n) is 7.04. The Kier molecular flexibility index (Phi) is 7.70. The van der Waals surface area contributed by atoms with Crippen LogP contribution in [0.3, 0.4) is 0 Å². The SMILES string of the molecule is CN=C(NCCc1c[nH]c2cc(F)ccc12)NCC(=O)N1CCc2sccc2C1.I. The molecular weight excluding hydrogens is 516 g/mol. The number of halogens is 2. The summed E-state index contributed by atoms with van der Waals surface area (Å²) >= 11 is 1.77. The Labute approximate surface area is 196 Å². The van der Waals surface area contributed by atoms with E-state index in [2.05, 4.69) is 32.1 Å². The van der Waals surface area contributed by atoms with E-state index in [0.717, 1.165) is 35.9 Å². The van der Waals surface area contributed by atoms with Crippen molar-refractivity contribution in [1.29, 1.82) is 0 Å². The fourth-order valence-corrected chi connectivity index (χ4v) is 4.52. The van der Waals surface area contributed by atoms with Crippen molar-refractivity contribution in [3.05, 3.63) is 57.7 Å². The molecule has 1 amide bonds. The van der Waals surface area contributed by atoms with E-state index in [9.17, 15) is 9.18 Å². The molecule has 0 unspecified atom stereocenters. The van der Waals surface area contributed by atoms with Gasteiger partial charge in [-0.05, 0) is 53.6 Å². The molecule has 0 bridgehead atoms. The van der Waals surface area contributed by atoms with Gasteiger partial charge in [0.05, 0.1) is 6.54 Å². The predicted molar refractivity (Wildman–Crippen MR) is 130 cm³/mol. The molecule has 0 fully saturated rings. The van der Waals surface area contributed by atoms with Crippen LogP contribution < -0.4 is 10.6 Å². The average molecular weight is 541 g/mol. The zero-order chi connectivity index (χ0) is 20.2. The Balaban J connectivity index is 0.00000256. The number of carbonyl (C=O) groups is 1. The molecule has 1 aromatic carbocycles. The molecule has 4 rings (SSSR count). The summed E-state index contributed by atoms with van der Waals surface area (Å²) in [5, 5.41) is 9.45. The van der Waals surface area contributed by atoms with Gasteiger partial charge in [0.2, 0.25) is 5.91 Å². The van der Waals surface area contributed by atoms with E-state index in [1.807, 2.05) is 11.1 Å². The fraction of sp³-hybridized carbons (Fsp3) is 0.333. The summed E-state index contributed by atoms with van der Waals surface area (Å²) in [4.78, 5) is 23.1. The van der Waals surface area contributed by atoms with Crippen LogP contribution in [0.4, 0.5) is 4.39 Å². The zero-order valence-corrected chi connectivity index (χ0v) is 19.9. The Hall–Kier alpha value is -2.14. The number of aliphatic imine (C=N–C) groups is 1. The Morgan fingerprint density at radius 3 is 3.03 bits per heavy atom. The van der Waals surface area contributed by atoms with Crippen molar-refractivity contribution in [3.63, 3.8) is 0 Å². The van der Waals surface area contributed by atoms with Crippen molar-refractivity contribution in [3.8, 4) is 0 Å². The molecule has 3 aromatic rings. The summed E-state index contributed by atoms with van der Waals surface area (Å²) < 4.78 is 13.3. The van der Waals surface area contributed by atoms with Gasteiger partial charge in [-0.15, -0.1) is 35.3 Å². The topological polar surface area (TPSA) is 72.5 Å². The summed E-state index contributed by atoms with van der Waals surface area (Å²) in [6.07, 6.45) is 3.59. The maximum Gasteiger partial charge on any atom is 0.242 e. The minimum atomic E-state index is -0.248. The number of nitrogens with zero attached hydrogens (tertiary/aromatic N) is 2. The number of hydrogen-bond acceptors (Lipinski definition) is 3. The van der Waals surface area contributed by atoms with Gasteiger partial charge in [-0.3, -0.25) is 9.79 Å². The summed E-state index contributed by atoms with van der Waals surface area (Å²) in [6, 6.07) is 6.86. The standard InChI is InChI=1S/C21H24FN5OS.HI/c1-23-21(24-7-4-14-11-25-18-10-16(22)2-3-17(14)18)26-12-20(28)27-8-5-19-15(13-27)6-9-29-19;/h2-3,6,9-11,25H,4-5,7-8,12-13H2,1H3,(H2,23,24,26);1H. The Morgan fingerprint density at radius 1 is 1.33 bits per heavy atom. The first-order valence-electron chi connectivity index (χ1n) is 9.67. The largest absolute Gasteiger partial charge is 0.361 e.